The number of aromatic hydroxyl groups is 1. The van der Waals surface area contributed by atoms with E-state index >= 15 is 0 Å². The normalized spacial score (nSPS) is 18.0. The van der Waals surface area contributed by atoms with Gasteiger partial charge in [0.05, 0.1) is 22.9 Å². The number of aromatic nitrogens is 5. The summed E-state index contributed by atoms with van der Waals surface area (Å²) < 4.78 is 27.2. The number of hydrogen-bond donors (Lipinski definition) is 1. The van der Waals surface area contributed by atoms with E-state index in [2.05, 4.69) is 15.5 Å². The van der Waals surface area contributed by atoms with E-state index in [1.165, 1.54) is 28.6 Å². The van der Waals surface area contributed by atoms with E-state index in [9.17, 15) is 18.3 Å². The lowest BCUT2D eigenvalue weighted by Crippen LogP contribution is -2.14. The Kier molecular flexibility index (Phi) is 5.41. The zero-order chi connectivity index (χ0) is 21.5. The number of carbonyl (C=O) groups excluding carboxylic acids is 1. The van der Waals surface area contributed by atoms with Crippen molar-refractivity contribution in [3.8, 4) is 11.4 Å². The molecule has 3 heterocycles. The molecule has 0 amide bonds. The molecule has 1 atom stereocenters. The number of Topliss-reactive ketones (excluding diaryl/α,β-unsaturated/α-hetero) is 1. The average molecular weight is 448 g/mol. The summed E-state index contributed by atoms with van der Waals surface area (Å²) in [5, 5.41) is 21.5. The van der Waals surface area contributed by atoms with Crippen molar-refractivity contribution in [1.82, 2.24) is 24.8 Å². The first-order valence-electron chi connectivity index (χ1n) is 9.38. The van der Waals surface area contributed by atoms with Gasteiger partial charge < -0.3 is 9.67 Å². The zero-order valence-corrected chi connectivity index (χ0v) is 18.2. The van der Waals surface area contributed by atoms with Gasteiger partial charge in [-0.25, -0.2) is 8.42 Å². The molecule has 1 unspecified atom stereocenters. The van der Waals surface area contributed by atoms with E-state index in [1.54, 1.807) is 12.1 Å². The van der Waals surface area contributed by atoms with Crippen LogP contribution in [0.2, 0.25) is 0 Å². The highest BCUT2D eigenvalue weighted by Crippen LogP contribution is 2.30. The van der Waals surface area contributed by atoms with Crippen LogP contribution in [0.15, 0.2) is 35.5 Å². The molecule has 1 N–H and O–H groups in total. The maximum atomic E-state index is 12.9. The number of benzene rings is 1. The fraction of sp³-hybridized carbons (Fsp3) is 0.368. The van der Waals surface area contributed by atoms with Gasteiger partial charge in [-0.15, -0.1) is 5.10 Å². The van der Waals surface area contributed by atoms with Crippen molar-refractivity contribution in [1.29, 1.82) is 0 Å². The van der Waals surface area contributed by atoms with Crippen LogP contribution in [0.5, 0.6) is 5.75 Å². The van der Waals surface area contributed by atoms with Crippen molar-refractivity contribution in [3.63, 3.8) is 0 Å². The fourth-order valence-corrected chi connectivity index (χ4v) is 6.31. The molecule has 1 aliphatic rings. The van der Waals surface area contributed by atoms with E-state index < -0.39 is 9.84 Å². The molecule has 1 aliphatic heterocycles. The highest BCUT2D eigenvalue weighted by molar-refractivity contribution is 7.99. The maximum absolute atomic E-state index is 12.9. The predicted molar refractivity (Wildman–Crippen MR) is 112 cm³/mol. The monoisotopic (exact) mass is 447 g/mol. The summed E-state index contributed by atoms with van der Waals surface area (Å²) in [5.74, 6) is 0.522. The van der Waals surface area contributed by atoms with E-state index in [0.717, 1.165) is 11.4 Å². The first-order valence-corrected chi connectivity index (χ1v) is 12.2. The summed E-state index contributed by atoms with van der Waals surface area (Å²) in [4.78, 5) is 12.9. The fourth-order valence-electron chi connectivity index (χ4n) is 3.83. The van der Waals surface area contributed by atoms with Gasteiger partial charge in [-0.05, 0) is 61.0 Å². The number of carbonyl (C=O) groups is 1. The Morgan fingerprint density at radius 3 is 2.67 bits per heavy atom. The number of phenolic OH excluding ortho intramolecular Hbond substituents is 1. The first-order chi connectivity index (χ1) is 14.2. The highest BCUT2D eigenvalue weighted by atomic mass is 32.2. The second-order valence-electron chi connectivity index (χ2n) is 7.31. The van der Waals surface area contributed by atoms with Crippen molar-refractivity contribution in [2.75, 3.05) is 17.3 Å². The van der Waals surface area contributed by atoms with Gasteiger partial charge in [0.1, 0.15) is 5.75 Å². The van der Waals surface area contributed by atoms with Crippen LogP contribution in [0.25, 0.3) is 5.69 Å². The summed E-state index contributed by atoms with van der Waals surface area (Å²) in [6, 6.07) is 8.14. The molecule has 11 heteroatoms. The summed E-state index contributed by atoms with van der Waals surface area (Å²) in [6.07, 6.45) is 0.572. The van der Waals surface area contributed by atoms with Gasteiger partial charge in [-0.3, -0.25) is 4.79 Å². The van der Waals surface area contributed by atoms with Crippen LogP contribution in [0.1, 0.15) is 34.2 Å². The molecule has 1 aromatic carbocycles. The molecule has 158 valence electrons. The minimum atomic E-state index is -3.01. The SMILES string of the molecule is Cc1cc(C(=O)CSc2nnnn2-c2ccc(O)cc2)c(C)n1C1CCS(=O)(=O)C1. The molecule has 1 saturated heterocycles. The van der Waals surface area contributed by atoms with Crippen LogP contribution in [0.3, 0.4) is 0 Å². The Morgan fingerprint density at radius 2 is 2.00 bits per heavy atom. The third-order valence-electron chi connectivity index (χ3n) is 5.23. The maximum Gasteiger partial charge on any atom is 0.214 e. The number of phenols is 1. The number of hydrogen-bond acceptors (Lipinski definition) is 8. The van der Waals surface area contributed by atoms with Crippen LogP contribution in [0.4, 0.5) is 0 Å². The second kappa shape index (κ2) is 7.88. The van der Waals surface area contributed by atoms with Gasteiger partial charge >= 0.3 is 0 Å². The largest absolute Gasteiger partial charge is 0.508 e. The first kappa shape index (κ1) is 20.6. The average Bonchev–Trinajstić information content (AvgIpc) is 3.38. The van der Waals surface area contributed by atoms with Gasteiger partial charge in [0.2, 0.25) is 5.16 Å². The van der Waals surface area contributed by atoms with Crippen molar-refractivity contribution >= 4 is 27.4 Å². The lowest BCUT2D eigenvalue weighted by atomic mass is 10.2. The van der Waals surface area contributed by atoms with Gasteiger partial charge in [0.25, 0.3) is 0 Å². The number of thioether (sulfide) groups is 1. The molecular weight excluding hydrogens is 426 g/mol. The molecule has 0 bridgehead atoms. The minimum absolute atomic E-state index is 0.0690. The molecule has 0 radical (unpaired) electrons. The van der Waals surface area contributed by atoms with Crippen LogP contribution < -0.4 is 0 Å². The molecule has 0 aliphatic carbocycles. The number of aryl methyl sites for hydroxylation is 1. The number of tetrazole rings is 1. The molecule has 30 heavy (non-hydrogen) atoms. The zero-order valence-electron chi connectivity index (χ0n) is 16.5. The second-order valence-corrected chi connectivity index (χ2v) is 10.5. The third kappa shape index (κ3) is 3.99. The molecule has 9 nitrogen and oxygen atoms in total. The highest BCUT2D eigenvalue weighted by Gasteiger charge is 2.31. The third-order valence-corrected chi connectivity index (χ3v) is 7.90. The van der Waals surface area contributed by atoms with E-state index in [-0.39, 0.29) is 34.8 Å². The Hall–Kier alpha value is -2.66. The molecule has 3 aromatic rings. The number of rotatable bonds is 6. The molecular formula is C19H21N5O4S2. The topological polar surface area (TPSA) is 120 Å². The predicted octanol–water partition coefficient (Wildman–Crippen LogP) is 2.12. The van der Waals surface area contributed by atoms with Crippen molar-refractivity contribution in [2.24, 2.45) is 0 Å². The number of ketones is 1. The Bertz CT molecular complexity index is 1200. The molecule has 2 aromatic heterocycles. The van der Waals surface area contributed by atoms with E-state index in [4.69, 9.17) is 0 Å². The quantitative estimate of drug-likeness (QED) is 0.451. The minimum Gasteiger partial charge on any atom is -0.508 e. The van der Waals surface area contributed by atoms with E-state index in [0.29, 0.717) is 22.8 Å². The van der Waals surface area contributed by atoms with Gasteiger partial charge in [-0.1, -0.05) is 11.8 Å². The summed E-state index contributed by atoms with van der Waals surface area (Å²) in [6.45, 7) is 3.75. The van der Waals surface area contributed by atoms with Crippen LogP contribution in [-0.2, 0) is 9.84 Å². The summed E-state index contributed by atoms with van der Waals surface area (Å²) in [5.41, 5.74) is 2.94. The van der Waals surface area contributed by atoms with Crippen LogP contribution in [-0.4, -0.2) is 61.3 Å². The Balaban J connectivity index is 1.50. The lowest BCUT2D eigenvalue weighted by Gasteiger charge is -2.16. The van der Waals surface area contributed by atoms with Crippen molar-refractivity contribution in [2.45, 2.75) is 31.5 Å². The van der Waals surface area contributed by atoms with Crippen molar-refractivity contribution < 1.29 is 18.3 Å². The Morgan fingerprint density at radius 1 is 1.27 bits per heavy atom. The lowest BCUT2D eigenvalue weighted by molar-refractivity contribution is 0.102. The molecule has 1 fully saturated rings. The van der Waals surface area contributed by atoms with Crippen LogP contribution >= 0.6 is 11.8 Å². The van der Waals surface area contributed by atoms with Crippen molar-refractivity contribution in [3.05, 3.63) is 47.3 Å². The van der Waals surface area contributed by atoms with Crippen LogP contribution in [0, 0.1) is 13.8 Å². The van der Waals surface area contributed by atoms with Gasteiger partial charge in [0.15, 0.2) is 15.6 Å². The smallest absolute Gasteiger partial charge is 0.214 e. The summed E-state index contributed by atoms with van der Waals surface area (Å²) in [7, 11) is -3.01. The number of sulfone groups is 1. The number of nitrogens with zero attached hydrogens (tertiary/aromatic N) is 5. The molecule has 4 rings (SSSR count). The standard InChI is InChI=1S/C19H21N5O4S2/c1-12-9-17(13(2)23(12)15-7-8-30(27,28)11-15)18(26)10-29-19-20-21-22-24(19)14-3-5-16(25)6-4-14/h3-6,9,15,25H,7-8,10-11H2,1-2H3. The summed E-state index contributed by atoms with van der Waals surface area (Å²) >= 11 is 1.22. The Labute approximate surface area is 178 Å². The molecule has 0 spiro atoms. The molecule has 0 saturated carbocycles. The van der Waals surface area contributed by atoms with E-state index in [1.807, 2.05) is 24.5 Å². The van der Waals surface area contributed by atoms with Gasteiger partial charge in [-0.2, -0.15) is 4.68 Å². The van der Waals surface area contributed by atoms with Gasteiger partial charge in [0, 0.05) is 23.0 Å².